The molecule has 0 aliphatic heterocycles. The van der Waals surface area contributed by atoms with Crippen LogP contribution in [0.25, 0.3) is 0 Å². The Bertz CT molecular complexity index is 691. The summed E-state index contributed by atoms with van der Waals surface area (Å²) in [5.74, 6) is 0.198. The number of halogens is 1. The summed E-state index contributed by atoms with van der Waals surface area (Å²) in [5.41, 5.74) is 1.21. The second-order valence-corrected chi connectivity index (χ2v) is 5.18. The Kier molecular flexibility index (Phi) is 6.22. The number of hydrogen-bond donors (Lipinski definition) is 2. The second kappa shape index (κ2) is 8.37. The number of aliphatic hydroxyl groups excluding tert-OH is 1. The molecule has 0 saturated heterocycles. The summed E-state index contributed by atoms with van der Waals surface area (Å²) in [6.45, 7) is 2.80. The molecule has 1 unspecified atom stereocenters. The Hall–Kier alpha value is -2.51. The van der Waals surface area contributed by atoms with Crippen molar-refractivity contribution in [1.29, 1.82) is 0 Å². The van der Waals surface area contributed by atoms with Crippen LogP contribution in [0.5, 0.6) is 5.75 Å². The number of rotatable bonds is 8. The minimum absolute atomic E-state index is 0.0191. The van der Waals surface area contributed by atoms with Gasteiger partial charge in [-0.3, -0.25) is 10.1 Å². The molecule has 0 spiro atoms. The molecule has 0 heterocycles. The van der Waals surface area contributed by atoms with Crippen LogP contribution in [0.1, 0.15) is 24.2 Å². The molecule has 0 aliphatic rings. The van der Waals surface area contributed by atoms with E-state index in [0.29, 0.717) is 30.0 Å². The number of ether oxygens (including phenoxy) is 1. The lowest BCUT2D eigenvalue weighted by molar-refractivity contribution is -0.384. The number of nitrogens with one attached hydrogen (secondary N) is 1. The first-order chi connectivity index (χ1) is 11.5. The Labute approximate surface area is 139 Å². The predicted molar refractivity (Wildman–Crippen MR) is 87.3 cm³/mol. The number of nitro benzene ring substituents is 1. The average molecular weight is 334 g/mol. The number of aliphatic hydroxyl groups is 1. The minimum atomic E-state index is -0.806. The Balaban J connectivity index is 2.00. The highest BCUT2D eigenvalue weighted by molar-refractivity contribution is 5.43. The fraction of sp³-hybridized carbons (Fsp3) is 0.294. The van der Waals surface area contributed by atoms with E-state index in [1.165, 1.54) is 36.4 Å². The molecule has 0 aromatic heterocycles. The van der Waals surface area contributed by atoms with Crippen LogP contribution in [0.4, 0.5) is 10.1 Å². The molecule has 0 amide bonds. The number of benzene rings is 2. The van der Waals surface area contributed by atoms with E-state index in [4.69, 9.17) is 4.74 Å². The number of non-ortho nitro benzene ring substituents is 1. The topological polar surface area (TPSA) is 84.6 Å². The highest BCUT2D eigenvalue weighted by atomic mass is 19.1. The normalized spacial score (nSPS) is 12.0. The van der Waals surface area contributed by atoms with Gasteiger partial charge in [-0.1, -0.05) is 12.1 Å². The van der Waals surface area contributed by atoms with E-state index in [9.17, 15) is 19.6 Å². The summed E-state index contributed by atoms with van der Waals surface area (Å²) >= 11 is 0. The number of hydrogen-bond acceptors (Lipinski definition) is 5. The van der Waals surface area contributed by atoms with Crippen molar-refractivity contribution in [3.63, 3.8) is 0 Å². The van der Waals surface area contributed by atoms with Gasteiger partial charge < -0.3 is 15.2 Å². The van der Waals surface area contributed by atoms with Gasteiger partial charge in [0.25, 0.3) is 5.69 Å². The van der Waals surface area contributed by atoms with Crippen molar-refractivity contribution >= 4 is 5.69 Å². The lowest BCUT2D eigenvalue weighted by Gasteiger charge is -2.14. The van der Waals surface area contributed by atoms with Gasteiger partial charge in [0.1, 0.15) is 11.6 Å². The lowest BCUT2D eigenvalue weighted by Crippen LogP contribution is -2.21. The maximum atomic E-state index is 12.9. The molecule has 0 bridgehead atoms. The van der Waals surface area contributed by atoms with Gasteiger partial charge in [0.2, 0.25) is 0 Å². The van der Waals surface area contributed by atoms with E-state index in [2.05, 4.69) is 5.32 Å². The standard InChI is InChI=1S/C17H19FN2O4/c1-2-24-17-8-7-15(20(22)23)9-13(17)10-19-11-16(21)12-3-5-14(18)6-4-12/h3-9,16,19,21H,2,10-11H2,1H3. The van der Waals surface area contributed by atoms with Gasteiger partial charge >= 0.3 is 0 Å². The quantitative estimate of drug-likeness (QED) is 0.573. The van der Waals surface area contributed by atoms with Crippen molar-refractivity contribution in [1.82, 2.24) is 5.32 Å². The van der Waals surface area contributed by atoms with Gasteiger partial charge in [0.15, 0.2) is 0 Å². The van der Waals surface area contributed by atoms with Gasteiger partial charge in [-0.05, 0) is 30.7 Å². The molecule has 2 rings (SSSR count). The average Bonchev–Trinajstić information content (AvgIpc) is 2.56. The van der Waals surface area contributed by atoms with Crippen LogP contribution >= 0.6 is 0 Å². The molecule has 6 nitrogen and oxygen atoms in total. The first-order valence-electron chi connectivity index (χ1n) is 7.55. The molecule has 0 aliphatic carbocycles. The van der Waals surface area contributed by atoms with Crippen molar-refractivity contribution in [2.75, 3.05) is 13.2 Å². The molecule has 0 radical (unpaired) electrons. The molecule has 24 heavy (non-hydrogen) atoms. The van der Waals surface area contributed by atoms with Crippen LogP contribution in [0, 0.1) is 15.9 Å². The summed E-state index contributed by atoms with van der Waals surface area (Å²) in [5, 5.41) is 24.0. The minimum Gasteiger partial charge on any atom is -0.494 e. The molecule has 2 N–H and O–H groups in total. The van der Waals surface area contributed by atoms with Crippen molar-refractivity contribution < 1.29 is 19.2 Å². The van der Waals surface area contributed by atoms with Crippen molar-refractivity contribution in [2.45, 2.75) is 19.6 Å². The summed E-state index contributed by atoms with van der Waals surface area (Å²) in [6.07, 6.45) is -0.806. The third-order valence-corrected chi connectivity index (χ3v) is 3.46. The third kappa shape index (κ3) is 4.74. The van der Waals surface area contributed by atoms with Crippen LogP contribution < -0.4 is 10.1 Å². The number of nitrogens with zero attached hydrogens (tertiary/aromatic N) is 1. The van der Waals surface area contributed by atoms with Gasteiger partial charge in [0, 0.05) is 30.8 Å². The predicted octanol–water partition coefficient (Wildman–Crippen LogP) is 2.96. The smallest absolute Gasteiger partial charge is 0.270 e. The third-order valence-electron chi connectivity index (χ3n) is 3.46. The summed E-state index contributed by atoms with van der Waals surface area (Å²) in [7, 11) is 0. The van der Waals surface area contributed by atoms with Crippen LogP contribution in [0.15, 0.2) is 42.5 Å². The summed E-state index contributed by atoms with van der Waals surface area (Å²) in [6, 6.07) is 10.00. The summed E-state index contributed by atoms with van der Waals surface area (Å²) in [4.78, 5) is 10.4. The maximum absolute atomic E-state index is 12.9. The second-order valence-electron chi connectivity index (χ2n) is 5.18. The fourth-order valence-electron chi connectivity index (χ4n) is 2.26. The monoisotopic (exact) mass is 334 g/mol. The summed E-state index contributed by atoms with van der Waals surface area (Å²) < 4.78 is 18.3. The Morgan fingerprint density at radius 3 is 2.62 bits per heavy atom. The largest absolute Gasteiger partial charge is 0.494 e. The SMILES string of the molecule is CCOc1ccc([N+](=O)[O-])cc1CNCC(O)c1ccc(F)cc1. The lowest BCUT2D eigenvalue weighted by atomic mass is 10.1. The van der Waals surface area contributed by atoms with E-state index in [1.54, 1.807) is 6.07 Å². The number of nitro groups is 1. The highest BCUT2D eigenvalue weighted by Gasteiger charge is 2.13. The molecule has 0 fully saturated rings. The zero-order valence-electron chi connectivity index (χ0n) is 13.2. The molecular formula is C17H19FN2O4. The van der Waals surface area contributed by atoms with E-state index in [0.717, 1.165) is 0 Å². The van der Waals surface area contributed by atoms with E-state index >= 15 is 0 Å². The van der Waals surface area contributed by atoms with E-state index < -0.39 is 11.0 Å². The molecule has 2 aromatic rings. The van der Waals surface area contributed by atoms with Crippen LogP contribution in [-0.4, -0.2) is 23.2 Å². The first kappa shape index (κ1) is 17.8. The Morgan fingerprint density at radius 2 is 2.00 bits per heavy atom. The molecule has 7 heteroatoms. The van der Waals surface area contributed by atoms with Gasteiger partial charge in [0.05, 0.1) is 17.6 Å². The van der Waals surface area contributed by atoms with Gasteiger partial charge in [-0.15, -0.1) is 0 Å². The van der Waals surface area contributed by atoms with E-state index in [1.807, 2.05) is 6.92 Å². The van der Waals surface area contributed by atoms with Crippen molar-refractivity contribution in [3.8, 4) is 5.75 Å². The molecule has 1 atom stereocenters. The Morgan fingerprint density at radius 1 is 1.29 bits per heavy atom. The molecule has 2 aromatic carbocycles. The molecular weight excluding hydrogens is 315 g/mol. The van der Waals surface area contributed by atoms with Crippen molar-refractivity contribution in [3.05, 3.63) is 69.5 Å². The first-order valence-corrected chi connectivity index (χ1v) is 7.55. The fourth-order valence-corrected chi connectivity index (χ4v) is 2.26. The van der Waals surface area contributed by atoms with Crippen LogP contribution in [0.2, 0.25) is 0 Å². The van der Waals surface area contributed by atoms with E-state index in [-0.39, 0.29) is 18.0 Å². The van der Waals surface area contributed by atoms with Crippen molar-refractivity contribution in [2.24, 2.45) is 0 Å². The zero-order chi connectivity index (χ0) is 17.5. The van der Waals surface area contributed by atoms with Gasteiger partial charge in [-0.25, -0.2) is 4.39 Å². The van der Waals surface area contributed by atoms with Gasteiger partial charge in [-0.2, -0.15) is 0 Å². The zero-order valence-corrected chi connectivity index (χ0v) is 13.2. The molecule has 0 saturated carbocycles. The van der Waals surface area contributed by atoms with Crippen LogP contribution in [-0.2, 0) is 6.54 Å². The highest BCUT2D eigenvalue weighted by Crippen LogP contribution is 2.24. The molecule has 128 valence electrons. The maximum Gasteiger partial charge on any atom is 0.270 e. The van der Waals surface area contributed by atoms with Crippen LogP contribution in [0.3, 0.4) is 0 Å².